The van der Waals surface area contributed by atoms with Crippen LogP contribution in [0.1, 0.15) is 6.92 Å². The van der Waals surface area contributed by atoms with Crippen molar-refractivity contribution in [2.45, 2.75) is 6.92 Å². The molecule has 1 aliphatic heterocycles. The van der Waals surface area contributed by atoms with E-state index in [0.29, 0.717) is 0 Å². The van der Waals surface area contributed by atoms with E-state index >= 15 is 0 Å². The number of nitrogens with zero attached hydrogens (tertiary/aromatic N) is 3. The lowest BCUT2D eigenvalue weighted by Crippen LogP contribution is -2.44. The van der Waals surface area contributed by atoms with Crippen LogP contribution >= 0.6 is 12.4 Å². The van der Waals surface area contributed by atoms with E-state index in [0.717, 1.165) is 17.2 Å². The van der Waals surface area contributed by atoms with Gasteiger partial charge in [0.1, 0.15) is 5.84 Å². The van der Waals surface area contributed by atoms with Gasteiger partial charge in [-0.3, -0.25) is 5.43 Å². The summed E-state index contributed by atoms with van der Waals surface area (Å²) in [5.74, 6) is 0.853. The molecule has 1 N–H and O–H groups in total. The summed E-state index contributed by atoms with van der Waals surface area (Å²) in [6.45, 7) is 1.95. The lowest BCUT2D eigenvalue weighted by Gasteiger charge is -2.28. The monoisotopic (exact) mass is 350 g/mol. The molecule has 4 nitrogen and oxygen atoms in total. The summed E-state index contributed by atoms with van der Waals surface area (Å²) in [6, 6.07) is 28.9. The molecule has 0 saturated carbocycles. The van der Waals surface area contributed by atoms with Crippen LogP contribution in [0.15, 0.2) is 90.0 Å². The Bertz CT molecular complexity index is 848. The average molecular weight is 351 g/mol. The minimum Gasteiger partial charge on any atom is -0.263 e. The van der Waals surface area contributed by atoms with Gasteiger partial charge < -0.3 is 0 Å². The summed E-state index contributed by atoms with van der Waals surface area (Å²) in [7, 11) is 0. The lowest BCUT2D eigenvalue weighted by atomic mass is 10.1. The van der Waals surface area contributed by atoms with Gasteiger partial charge in [0, 0.05) is 0 Å². The molecular weight excluding hydrogens is 332 g/mol. The summed E-state index contributed by atoms with van der Waals surface area (Å²) in [5, 5.41) is 8.40. The predicted octanol–water partition coefficient (Wildman–Crippen LogP) is 4.86. The fraction of sp³-hybridized carbons (Fsp3) is 0.0500. The summed E-state index contributed by atoms with van der Waals surface area (Å²) in [4.78, 5) is 0. The third kappa shape index (κ3) is 3.44. The van der Waals surface area contributed by atoms with Gasteiger partial charge in [0.05, 0.1) is 11.4 Å². The number of amidine groups is 1. The molecule has 0 radical (unpaired) electrons. The third-order valence-electron chi connectivity index (χ3n) is 3.91. The topological polar surface area (TPSA) is 30.9 Å². The zero-order chi connectivity index (χ0) is 16.4. The second kappa shape index (κ2) is 7.28. The molecule has 4 rings (SSSR count). The Morgan fingerprint density at radius 3 is 1.88 bits per heavy atom. The molecule has 126 valence electrons. The van der Waals surface area contributed by atoms with Gasteiger partial charge in [0.2, 0.25) is 0 Å². The minimum atomic E-state index is 0. The predicted molar refractivity (Wildman–Crippen MR) is 107 cm³/mol. The molecule has 0 fully saturated rings. The van der Waals surface area contributed by atoms with Crippen LogP contribution in [0.5, 0.6) is 0 Å². The highest BCUT2D eigenvalue weighted by atomic mass is 35.5. The van der Waals surface area contributed by atoms with E-state index in [1.165, 1.54) is 11.1 Å². The van der Waals surface area contributed by atoms with E-state index in [9.17, 15) is 0 Å². The number of hydrazine groups is 2. The molecule has 0 unspecified atom stereocenters. The number of nitrogens with one attached hydrogen (secondary N) is 1. The number of benzene rings is 3. The quantitative estimate of drug-likeness (QED) is 0.732. The van der Waals surface area contributed by atoms with Crippen LogP contribution in [0.2, 0.25) is 0 Å². The summed E-state index contributed by atoms with van der Waals surface area (Å²) < 4.78 is 0. The van der Waals surface area contributed by atoms with Crippen molar-refractivity contribution in [1.29, 1.82) is 0 Å². The number of hydrazone groups is 1. The van der Waals surface area contributed by atoms with Crippen molar-refractivity contribution >= 4 is 29.6 Å². The SMILES string of the molecule is CC1=NN(c2ccc(-c3ccccc3)cc2)N(c2ccccc2)N1.Cl. The number of anilines is 2. The molecule has 0 spiro atoms. The molecule has 3 aromatic carbocycles. The molecule has 25 heavy (non-hydrogen) atoms. The fourth-order valence-corrected chi connectivity index (χ4v) is 2.74. The summed E-state index contributed by atoms with van der Waals surface area (Å²) in [6.07, 6.45) is 0. The molecule has 0 bridgehead atoms. The van der Waals surface area contributed by atoms with Crippen molar-refractivity contribution in [2.75, 3.05) is 10.2 Å². The van der Waals surface area contributed by atoms with Crippen LogP contribution in [-0.2, 0) is 0 Å². The molecule has 3 aromatic rings. The zero-order valence-electron chi connectivity index (χ0n) is 13.8. The minimum absolute atomic E-state index is 0. The van der Waals surface area contributed by atoms with Gasteiger partial charge >= 0.3 is 0 Å². The van der Waals surface area contributed by atoms with Gasteiger partial charge in [-0.15, -0.1) is 17.5 Å². The van der Waals surface area contributed by atoms with Crippen molar-refractivity contribution in [3.05, 3.63) is 84.9 Å². The van der Waals surface area contributed by atoms with E-state index < -0.39 is 0 Å². The molecule has 0 atom stereocenters. The first-order valence-corrected chi connectivity index (χ1v) is 7.94. The average Bonchev–Trinajstić information content (AvgIpc) is 3.05. The molecule has 0 aromatic heterocycles. The lowest BCUT2D eigenvalue weighted by molar-refractivity contribution is 0.770. The number of hydrogen-bond donors (Lipinski definition) is 1. The fourth-order valence-electron chi connectivity index (χ4n) is 2.74. The number of rotatable bonds is 3. The zero-order valence-corrected chi connectivity index (χ0v) is 14.6. The molecule has 1 aliphatic rings. The maximum atomic E-state index is 4.58. The highest BCUT2D eigenvalue weighted by molar-refractivity contribution is 5.86. The molecule has 5 heteroatoms. The van der Waals surface area contributed by atoms with Gasteiger partial charge in [0.25, 0.3) is 0 Å². The highest BCUT2D eigenvalue weighted by Gasteiger charge is 2.23. The number of halogens is 1. The number of hydrogen-bond acceptors (Lipinski definition) is 4. The van der Waals surface area contributed by atoms with Crippen molar-refractivity contribution in [2.24, 2.45) is 5.10 Å². The highest BCUT2D eigenvalue weighted by Crippen LogP contribution is 2.27. The molecule has 0 amide bonds. The first-order chi connectivity index (χ1) is 11.8. The third-order valence-corrected chi connectivity index (χ3v) is 3.91. The molecule has 0 aliphatic carbocycles. The van der Waals surface area contributed by atoms with Gasteiger partial charge in [-0.2, -0.15) is 10.2 Å². The van der Waals surface area contributed by atoms with Crippen LogP contribution in [0, 0.1) is 0 Å². The van der Waals surface area contributed by atoms with Crippen LogP contribution < -0.4 is 15.7 Å². The second-order valence-corrected chi connectivity index (χ2v) is 5.65. The van der Waals surface area contributed by atoms with Gasteiger partial charge in [-0.1, -0.05) is 60.7 Å². The van der Waals surface area contributed by atoms with E-state index in [2.05, 4.69) is 59.1 Å². The first kappa shape index (κ1) is 16.9. The van der Waals surface area contributed by atoms with Crippen LogP contribution in [0.4, 0.5) is 11.4 Å². The smallest absolute Gasteiger partial charge is 0.142 e. The van der Waals surface area contributed by atoms with Crippen molar-refractivity contribution in [3.8, 4) is 11.1 Å². The van der Waals surface area contributed by atoms with Crippen LogP contribution in [0.25, 0.3) is 11.1 Å². The van der Waals surface area contributed by atoms with Crippen LogP contribution in [-0.4, -0.2) is 5.84 Å². The van der Waals surface area contributed by atoms with Crippen molar-refractivity contribution in [1.82, 2.24) is 5.43 Å². The maximum absolute atomic E-state index is 4.58. The maximum Gasteiger partial charge on any atom is 0.142 e. The summed E-state index contributed by atoms with van der Waals surface area (Å²) >= 11 is 0. The second-order valence-electron chi connectivity index (χ2n) is 5.65. The van der Waals surface area contributed by atoms with E-state index in [-0.39, 0.29) is 12.4 Å². The van der Waals surface area contributed by atoms with Gasteiger partial charge in [0.15, 0.2) is 0 Å². The van der Waals surface area contributed by atoms with E-state index in [1.807, 2.05) is 53.6 Å². The van der Waals surface area contributed by atoms with Gasteiger partial charge in [-0.05, 0) is 42.3 Å². The molecular formula is C20H19ClN4. The normalized spacial score (nSPS) is 13.1. The molecule has 0 saturated heterocycles. The Morgan fingerprint density at radius 2 is 1.24 bits per heavy atom. The Labute approximate surface area is 153 Å². The standard InChI is InChI=1S/C20H18N4.ClH/c1-16-21-23(19-10-6-3-7-11-19)24(22-16)20-14-12-18(13-15-20)17-8-4-2-5-9-17;/h2-15H,1H3,(H,21,22);1H. The Balaban J connectivity index is 0.00000182. The van der Waals surface area contributed by atoms with Gasteiger partial charge in [-0.25, -0.2) is 0 Å². The van der Waals surface area contributed by atoms with E-state index in [4.69, 9.17) is 0 Å². The first-order valence-electron chi connectivity index (χ1n) is 7.94. The van der Waals surface area contributed by atoms with Crippen LogP contribution in [0.3, 0.4) is 0 Å². The van der Waals surface area contributed by atoms with Crippen molar-refractivity contribution in [3.63, 3.8) is 0 Å². The Kier molecular flexibility index (Phi) is 4.91. The largest absolute Gasteiger partial charge is 0.263 e. The molecule has 1 heterocycles. The van der Waals surface area contributed by atoms with E-state index in [1.54, 1.807) is 0 Å². The van der Waals surface area contributed by atoms with Crippen molar-refractivity contribution < 1.29 is 0 Å². The Morgan fingerprint density at radius 1 is 0.680 bits per heavy atom. The summed E-state index contributed by atoms with van der Waals surface area (Å²) in [5.41, 5.74) is 7.71. The number of para-hydroxylation sites is 1. The Hall–Kier alpha value is -2.98.